The van der Waals surface area contributed by atoms with Gasteiger partial charge in [0, 0.05) is 29.9 Å². The molecule has 1 amide bonds. The third-order valence-electron chi connectivity index (χ3n) is 4.62. The molecule has 154 valence electrons. The van der Waals surface area contributed by atoms with Crippen molar-refractivity contribution in [3.63, 3.8) is 0 Å². The van der Waals surface area contributed by atoms with Gasteiger partial charge < -0.3 is 20.7 Å². The highest BCUT2D eigenvalue weighted by Gasteiger charge is 2.20. The molecular formula is C20H18Cl2N6O2. The summed E-state index contributed by atoms with van der Waals surface area (Å²) < 4.78 is 5.40. The van der Waals surface area contributed by atoms with Gasteiger partial charge in [-0.05, 0) is 24.3 Å². The van der Waals surface area contributed by atoms with Crippen LogP contribution in [0, 0.1) is 0 Å². The molecule has 1 aliphatic heterocycles. The second-order valence-electron chi connectivity index (χ2n) is 6.56. The summed E-state index contributed by atoms with van der Waals surface area (Å²) >= 11 is 12.3. The number of hydrogen-bond donors (Lipinski definition) is 2. The highest BCUT2D eigenvalue weighted by molar-refractivity contribution is 6.35. The molecule has 4 rings (SSSR count). The van der Waals surface area contributed by atoms with E-state index in [0.29, 0.717) is 40.2 Å². The van der Waals surface area contributed by atoms with E-state index in [0.717, 1.165) is 18.8 Å². The van der Waals surface area contributed by atoms with E-state index >= 15 is 0 Å². The predicted molar refractivity (Wildman–Crippen MR) is 117 cm³/mol. The molecule has 8 nitrogen and oxygen atoms in total. The molecule has 2 aromatic heterocycles. The number of benzene rings is 1. The van der Waals surface area contributed by atoms with Crippen LogP contribution in [-0.4, -0.2) is 47.2 Å². The zero-order valence-electron chi connectivity index (χ0n) is 15.8. The molecule has 3 aromatic rings. The number of nitrogens with one attached hydrogen (secondary N) is 1. The Kier molecular flexibility index (Phi) is 5.98. The number of carbonyl (C=O) groups excluding carboxylic acids is 1. The second-order valence-corrected chi connectivity index (χ2v) is 7.40. The minimum Gasteiger partial charge on any atom is -0.382 e. The fraction of sp³-hybridized carbons (Fsp3) is 0.200. The van der Waals surface area contributed by atoms with E-state index < -0.39 is 5.91 Å². The second kappa shape index (κ2) is 8.83. The third-order valence-corrected chi connectivity index (χ3v) is 5.18. The quantitative estimate of drug-likeness (QED) is 0.633. The summed E-state index contributed by atoms with van der Waals surface area (Å²) in [5.41, 5.74) is 8.27. The average molecular weight is 445 g/mol. The Morgan fingerprint density at radius 2 is 1.97 bits per heavy atom. The number of morpholine rings is 1. The Hall–Kier alpha value is -2.94. The van der Waals surface area contributed by atoms with Crippen LogP contribution in [-0.2, 0) is 4.74 Å². The van der Waals surface area contributed by atoms with Gasteiger partial charge in [-0.1, -0.05) is 23.2 Å². The number of nitrogen functional groups attached to an aromatic ring is 1. The molecule has 0 aliphatic carbocycles. The molecule has 0 atom stereocenters. The maximum absolute atomic E-state index is 13.0. The van der Waals surface area contributed by atoms with Crippen molar-refractivity contribution in [1.29, 1.82) is 0 Å². The van der Waals surface area contributed by atoms with Crippen LogP contribution in [0.1, 0.15) is 10.5 Å². The molecule has 1 aliphatic rings. The normalized spacial score (nSPS) is 13.9. The van der Waals surface area contributed by atoms with Crippen LogP contribution in [0.4, 0.5) is 17.2 Å². The first-order valence-corrected chi connectivity index (χ1v) is 9.94. The molecule has 3 N–H and O–H groups in total. The molecule has 0 saturated carbocycles. The van der Waals surface area contributed by atoms with E-state index in [9.17, 15) is 4.79 Å². The number of nitrogens with zero attached hydrogens (tertiary/aromatic N) is 4. The van der Waals surface area contributed by atoms with E-state index in [1.807, 2.05) is 6.07 Å². The fourth-order valence-electron chi connectivity index (χ4n) is 3.13. The van der Waals surface area contributed by atoms with Gasteiger partial charge in [0.2, 0.25) is 0 Å². The van der Waals surface area contributed by atoms with Gasteiger partial charge in [0.1, 0.15) is 0 Å². The lowest BCUT2D eigenvalue weighted by Gasteiger charge is -2.30. The van der Waals surface area contributed by atoms with Crippen molar-refractivity contribution in [2.24, 2.45) is 0 Å². The lowest BCUT2D eigenvalue weighted by atomic mass is 10.1. The van der Waals surface area contributed by atoms with Gasteiger partial charge in [-0.2, -0.15) is 0 Å². The fourth-order valence-corrected chi connectivity index (χ4v) is 3.52. The van der Waals surface area contributed by atoms with Gasteiger partial charge in [-0.15, -0.1) is 0 Å². The average Bonchev–Trinajstić information content (AvgIpc) is 2.77. The number of ether oxygens (including phenoxy) is 1. The first-order chi connectivity index (χ1) is 14.5. The monoisotopic (exact) mass is 444 g/mol. The number of anilines is 3. The number of amides is 1. The van der Waals surface area contributed by atoms with Crippen molar-refractivity contribution < 1.29 is 9.53 Å². The van der Waals surface area contributed by atoms with Gasteiger partial charge in [0.15, 0.2) is 11.5 Å². The maximum Gasteiger partial charge on any atom is 0.278 e. The van der Waals surface area contributed by atoms with E-state index in [2.05, 4.69) is 25.2 Å². The van der Waals surface area contributed by atoms with Crippen molar-refractivity contribution >= 4 is 46.3 Å². The van der Waals surface area contributed by atoms with Crippen molar-refractivity contribution in [3.8, 4) is 11.3 Å². The highest BCUT2D eigenvalue weighted by atomic mass is 35.5. The summed E-state index contributed by atoms with van der Waals surface area (Å²) in [7, 11) is 0. The SMILES string of the molecule is Nc1ncc(-c2cc(Cl)ccc2Cl)nc1C(=O)Nc1cnccc1N1CCOCC1. The Morgan fingerprint density at radius 1 is 1.17 bits per heavy atom. The summed E-state index contributed by atoms with van der Waals surface area (Å²) in [4.78, 5) is 27.7. The molecule has 0 radical (unpaired) electrons. The molecule has 3 heterocycles. The zero-order valence-corrected chi connectivity index (χ0v) is 17.3. The topological polar surface area (TPSA) is 106 Å². The Morgan fingerprint density at radius 3 is 2.77 bits per heavy atom. The summed E-state index contributed by atoms with van der Waals surface area (Å²) in [6.07, 6.45) is 4.72. The summed E-state index contributed by atoms with van der Waals surface area (Å²) in [6.45, 7) is 2.68. The number of pyridine rings is 1. The van der Waals surface area contributed by atoms with Crippen LogP contribution in [0.3, 0.4) is 0 Å². The zero-order chi connectivity index (χ0) is 21.1. The van der Waals surface area contributed by atoms with Crippen molar-refractivity contribution in [3.05, 3.63) is 58.6 Å². The van der Waals surface area contributed by atoms with Crippen molar-refractivity contribution in [1.82, 2.24) is 15.0 Å². The predicted octanol–water partition coefficient (Wildman–Crippen LogP) is 3.52. The van der Waals surface area contributed by atoms with Crippen LogP contribution in [0.5, 0.6) is 0 Å². The Balaban J connectivity index is 1.64. The summed E-state index contributed by atoms with van der Waals surface area (Å²) in [5.74, 6) is -0.492. The number of carbonyl (C=O) groups is 1. The summed E-state index contributed by atoms with van der Waals surface area (Å²) in [5, 5.41) is 3.77. The van der Waals surface area contributed by atoms with E-state index in [1.54, 1.807) is 30.6 Å². The van der Waals surface area contributed by atoms with Crippen LogP contribution in [0.25, 0.3) is 11.3 Å². The maximum atomic E-state index is 13.0. The minimum absolute atomic E-state index is 0.00575. The highest BCUT2D eigenvalue weighted by Crippen LogP contribution is 2.30. The molecule has 0 unspecified atom stereocenters. The van der Waals surface area contributed by atoms with Crippen molar-refractivity contribution in [2.75, 3.05) is 42.3 Å². The van der Waals surface area contributed by atoms with Gasteiger partial charge in [-0.25, -0.2) is 9.97 Å². The molecule has 0 spiro atoms. The molecule has 0 bridgehead atoms. The molecule has 1 saturated heterocycles. The number of nitrogens with two attached hydrogens (primary N) is 1. The lowest BCUT2D eigenvalue weighted by molar-refractivity contribution is 0.102. The van der Waals surface area contributed by atoms with Gasteiger partial charge >= 0.3 is 0 Å². The number of hydrogen-bond acceptors (Lipinski definition) is 7. The first kappa shape index (κ1) is 20.3. The smallest absolute Gasteiger partial charge is 0.278 e. The standard InChI is InChI=1S/C20H18Cl2N6O2/c21-12-1-2-14(22)13(9-12)15-11-25-19(23)18(26-15)20(29)27-16-10-24-4-3-17(16)28-5-7-30-8-6-28/h1-4,9-11H,5-8H2,(H2,23,25)(H,27,29). The molecule has 1 fully saturated rings. The molecule has 10 heteroatoms. The Labute approximate surface area is 183 Å². The van der Waals surface area contributed by atoms with Gasteiger partial charge in [0.25, 0.3) is 5.91 Å². The molecule has 1 aromatic carbocycles. The van der Waals surface area contributed by atoms with Gasteiger partial charge in [0.05, 0.1) is 47.7 Å². The third kappa shape index (κ3) is 4.30. The minimum atomic E-state index is -0.498. The van der Waals surface area contributed by atoms with Crippen LogP contribution in [0.15, 0.2) is 42.9 Å². The van der Waals surface area contributed by atoms with Crippen LogP contribution in [0.2, 0.25) is 10.0 Å². The lowest BCUT2D eigenvalue weighted by Crippen LogP contribution is -2.36. The first-order valence-electron chi connectivity index (χ1n) is 9.19. The van der Waals surface area contributed by atoms with Gasteiger partial charge in [-0.3, -0.25) is 9.78 Å². The largest absolute Gasteiger partial charge is 0.382 e. The number of rotatable bonds is 4. The van der Waals surface area contributed by atoms with Crippen LogP contribution >= 0.6 is 23.2 Å². The number of aromatic nitrogens is 3. The molecular weight excluding hydrogens is 427 g/mol. The molecule has 30 heavy (non-hydrogen) atoms. The van der Waals surface area contributed by atoms with E-state index in [-0.39, 0.29) is 11.5 Å². The van der Waals surface area contributed by atoms with Crippen molar-refractivity contribution in [2.45, 2.75) is 0 Å². The summed E-state index contributed by atoms with van der Waals surface area (Å²) in [6, 6.07) is 6.82. The number of halogens is 2. The van der Waals surface area contributed by atoms with E-state index in [4.69, 9.17) is 33.7 Å². The van der Waals surface area contributed by atoms with Crippen LogP contribution < -0.4 is 16.0 Å². The Bertz CT molecular complexity index is 1090. The van der Waals surface area contributed by atoms with E-state index in [1.165, 1.54) is 6.20 Å².